The number of nitrogens with one attached hydrogen (secondary N) is 1. The maximum absolute atomic E-state index is 13.4. The number of carbonyl (C=O) groups is 1. The molecule has 0 saturated heterocycles. The van der Waals surface area contributed by atoms with Gasteiger partial charge >= 0.3 is 0 Å². The number of hydrogen-bond acceptors (Lipinski definition) is 3. The lowest BCUT2D eigenvalue weighted by Crippen LogP contribution is -2.21. The van der Waals surface area contributed by atoms with E-state index >= 15 is 0 Å². The Hall–Kier alpha value is -3.10. The van der Waals surface area contributed by atoms with Gasteiger partial charge in [0, 0.05) is 5.69 Å². The van der Waals surface area contributed by atoms with E-state index in [9.17, 15) is 18.0 Å². The molecule has 3 aromatic rings. The smallest absolute Gasteiger partial charge is 0.282 e. The molecule has 2 heterocycles. The fourth-order valence-electron chi connectivity index (χ4n) is 2.96. The van der Waals surface area contributed by atoms with Crippen molar-refractivity contribution < 1.29 is 18.0 Å². The van der Waals surface area contributed by atoms with Crippen LogP contribution in [0, 0.1) is 26.6 Å². The number of aromatic nitrogens is 4. The van der Waals surface area contributed by atoms with E-state index in [1.165, 1.54) is 22.9 Å². The Morgan fingerprint density at radius 1 is 1.14 bits per heavy atom. The molecule has 0 aliphatic rings. The van der Waals surface area contributed by atoms with Crippen LogP contribution in [0.15, 0.2) is 30.3 Å². The van der Waals surface area contributed by atoms with Crippen molar-refractivity contribution in [2.45, 2.75) is 40.3 Å². The summed E-state index contributed by atoms with van der Waals surface area (Å²) in [5, 5.41) is 10.9. The number of aryl methyl sites for hydroxylation is 2. The number of carbonyl (C=O) groups excluding carboxylic acids is 1. The van der Waals surface area contributed by atoms with Crippen LogP contribution >= 0.6 is 0 Å². The van der Waals surface area contributed by atoms with E-state index in [-0.39, 0.29) is 18.1 Å². The summed E-state index contributed by atoms with van der Waals surface area (Å²) < 4.78 is 41.8. The highest BCUT2D eigenvalue weighted by Gasteiger charge is 2.18. The van der Waals surface area contributed by atoms with Crippen LogP contribution in [0.2, 0.25) is 0 Å². The van der Waals surface area contributed by atoms with E-state index in [0.29, 0.717) is 29.3 Å². The van der Waals surface area contributed by atoms with Crippen LogP contribution in [0.3, 0.4) is 0 Å². The first-order chi connectivity index (χ1) is 13.2. The molecule has 1 N–H and O–H groups in total. The molecule has 0 spiro atoms. The van der Waals surface area contributed by atoms with E-state index in [4.69, 9.17) is 0 Å². The van der Waals surface area contributed by atoms with Crippen molar-refractivity contribution in [2.24, 2.45) is 0 Å². The summed E-state index contributed by atoms with van der Waals surface area (Å²) in [5.41, 5.74) is 2.71. The molecule has 148 valence electrons. The van der Waals surface area contributed by atoms with Crippen LogP contribution in [-0.2, 0) is 17.9 Å². The molecule has 0 aliphatic heterocycles. The van der Waals surface area contributed by atoms with Crippen LogP contribution in [0.25, 0.3) is 0 Å². The van der Waals surface area contributed by atoms with Crippen LogP contribution in [-0.4, -0.2) is 25.5 Å². The quantitative estimate of drug-likeness (QED) is 0.696. The highest BCUT2D eigenvalue weighted by atomic mass is 19.3. The van der Waals surface area contributed by atoms with Gasteiger partial charge in [-0.2, -0.15) is 10.2 Å². The molecule has 1 amide bonds. The Bertz CT molecular complexity index is 1010. The maximum Gasteiger partial charge on any atom is 0.282 e. The van der Waals surface area contributed by atoms with Crippen molar-refractivity contribution in [1.82, 2.24) is 19.6 Å². The molecular formula is C19H20F3N5O. The van der Waals surface area contributed by atoms with Crippen molar-refractivity contribution in [2.75, 3.05) is 5.32 Å². The minimum atomic E-state index is -2.69. The lowest BCUT2D eigenvalue weighted by molar-refractivity contribution is -0.117. The first-order valence-corrected chi connectivity index (χ1v) is 8.65. The molecule has 0 fully saturated rings. The molecule has 0 radical (unpaired) electrons. The number of amides is 1. The predicted molar refractivity (Wildman–Crippen MR) is 97.8 cm³/mol. The third kappa shape index (κ3) is 4.24. The minimum Gasteiger partial charge on any atom is -0.321 e. The number of hydrogen-bond donors (Lipinski definition) is 1. The summed E-state index contributed by atoms with van der Waals surface area (Å²) in [6.45, 7) is 5.32. The highest BCUT2D eigenvalue weighted by Crippen LogP contribution is 2.21. The normalized spacial score (nSPS) is 11.2. The van der Waals surface area contributed by atoms with Crippen LogP contribution < -0.4 is 5.32 Å². The molecule has 0 saturated carbocycles. The van der Waals surface area contributed by atoms with Gasteiger partial charge in [-0.15, -0.1) is 0 Å². The average molecular weight is 391 g/mol. The molecule has 6 nitrogen and oxygen atoms in total. The number of alkyl halides is 2. The Kier molecular flexibility index (Phi) is 5.53. The SMILES string of the molecule is Cc1nn(Cc2cccc(F)c2)c(C)c1NC(=O)Cn1nc(C(F)F)cc1C. The number of nitrogens with zero attached hydrogens (tertiary/aromatic N) is 4. The molecule has 2 aromatic heterocycles. The van der Waals surface area contributed by atoms with E-state index in [2.05, 4.69) is 15.5 Å². The van der Waals surface area contributed by atoms with E-state index in [1.807, 2.05) is 0 Å². The van der Waals surface area contributed by atoms with Crippen LogP contribution in [0.4, 0.5) is 18.9 Å². The van der Waals surface area contributed by atoms with Crippen molar-refractivity contribution in [3.05, 3.63) is 64.5 Å². The third-order valence-electron chi connectivity index (χ3n) is 4.38. The summed E-state index contributed by atoms with van der Waals surface area (Å²) in [4.78, 5) is 12.4. The summed E-state index contributed by atoms with van der Waals surface area (Å²) >= 11 is 0. The number of anilines is 1. The van der Waals surface area contributed by atoms with Gasteiger partial charge in [0.25, 0.3) is 6.43 Å². The molecule has 0 aliphatic carbocycles. The lowest BCUT2D eigenvalue weighted by atomic mass is 10.2. The zero-order valence-corrected chi connectivity index (χ0v) is 15.7. The second kappa shape index (κ2) is 7.87. The molecular weight excluding hydrogens is 371 g/mol. The second-order valence-electron chi connectivity index (χ2n) is 6.55. The van der Waals surface area contributed by atoms with E-state index in [1.54, 1.807) is 37.6 Å². The van der Waals surface area contributed by atoms with Gasteiger partial charge in [0.05, 0.1) is 23.6 Å². The Labute approximate surface area is 160 Å². The zero-order chi connectivity index (χ0) is 20.4. The number of rotatable bonds is 6. The third-order valence-corrected chi connectivity index (χ3v) is 4.38. The maximum atomic E-state index is 13.4. The summed E-state index contributed by atoms with van der Waals surface area (Å²) in [6, 6.07) is 7.46. The summed E-state index contributed by atoms with van der Waals surface area (Å²) in [7, 11) is 0. The largest absolute Gasteiger partial charge is 0.321 e. The predicted octanol–water partition coefficient (Wildman–Crippen LogP) is 3.77. The summed E-state index contributed by atoms with van der Waals surface area (Å²) in [6.07, 6.45) is -2.69. The van der Waals surface area contributed by atoms with Crippen molar-refractivity contribution >= 4 is 11.6 Å². The number of halogens is 3. The van der Waals surface area contributed by atoms with Gasteiger partial charge in [-0.1, -0.05) is 12.1 Å². The highest BCUT2D eigenvalue weighted by molar-refractivity contribution is 5.91. The van der Waals surface area contributed by atoms with Gasteiger partial charge in [-0.25, -0.2) is 13.2 Å². The zero-order valence-electron chi connectivity index (χ0n) is 15.7. The number of benzene rings is 1. The monoisotopic (exact) mass is 391 g/mol. The van der Waals surface area contributed by atoms with Gasteiger partial charge in [-0.05, 0) is 44.5 Å². The Balaban J connectivity index is 1.74. The first kappa shape index (κ1) is 19.7. The molecule has 28 heavy (non-hydrogen) atoms. The molecule has 0 bridgehead atoms. The van der Waals surface area contributed by atoms with Crippen molar-refractivity contribution in [3.63, 3.8) is 0 Å². The molecule has 9 heteroatoms. The van der Waals surface area contributed by atoms with Crippen LogP contribution in [0.5, 0.6) is 0 Å². The fourth-order valence-corrected chi connectivity index (χ4v) is 2.96. The van der Waals surface area contributed by atoms with Gasteiger partial charge in [0.1, 0.15) is 18.1 Å². The van der Waals surface area contributed by atoms with Gasteiger partial charge in [0.2, 0.25) is 5.91 Å². The van der Waals surface area contributed by atoms with Crippen LogP contribution in [0.1, 0.15) is 34.8 Å². The minimum absolute atomic E-state index is 0.188. The molecule has 1 aromatic carbocycles. The fraction of sp³-hybridized carbons (Fsp3) is 0.316. The van der Waals surface area contributed by atoms with Gasteiger partial charge < -0.3 is 5.32 Å². The lowest BCUT2D eigenvalue weighted by Gasteiger charge is -2.08. The topological polar surface area (TPSA) is 64.7 Å². The van der Waals surface area contributed by atoms with Gasteiger partial charge in [0.15, 0.2) is 0 Å². The first-order valence-electron chi connectivity index (χ1n) is 8.65. The Morgan fingerprint density at radius 2 is 1.89 bits per heavy atom. The van der Waals surface area contributed by atoms with Crippen molar-refractivity contribution in [3.8, 4) is 0 Å². The summed E-state index contributed by atoms with van der Waals surface area (Å²) in [5.74, 6) is -0.728. The van der Waals surface area contributed by atoms with E-state index in [0.717, 1.165) is 5.56 Å². The van der Waals surface area contributed by atoms with Gasteiger partial charge in [-0.3, -0.25) is 14.2 Å². The molecule has 0 atom stereocenters. The van der Waals surface area contributed by atoms with E-state index < -0.39 is 12.3 Å². The second-order valence-corrected chi connectivity index (χ2v) is 6.55. The Morgan fingerprint density at radius 3 is 2.54 bits per heavy atom. The molecule has 0 unspecified atom stereocenters. The van der Waals surface area contributed by atoms with Crippen molar-refractivity contribution in [1.29, 1.82) is 0 Å². The standard InChI is InChI=1S/C19H20F3N5O/c1-11-7-16(19(21)22)25-26(11)10-17(28)23-18-12(2)24-27(13(18)3)9-14-5-4-6-15(20)8-14/h4-8,19H,9-10H2,1-3H3,(H,23,28). The molecule has 3 rings (SSSR count). The average Bonchev–Trinajstić information content (AvgIpc) is 3.10.